The molecule has 2 atom stereocenters. The molecule has 0 aliphatic heterocycles. The largest absolute Gasteiger partial charge is 0.393 e. The van der Waals surface area contributed by atoms with E-state index in [2.05, 4.69) is 20.8 Å². The molecule has 0 radical (unpaired) electrons. The molecule has 0 saturated carbocycles. The van der Waals surface area contributed by atoms with Crippen LogP contribution in [0.25, 0.3) is 0 Å². The summed E-state index contributed by atoms with van der Waals surface area (Å²) in [6.45, 7) is 9.98. The van der Waals surface area contributed by atoms with Crippen LogP contribution in [0.4, 0.5) is 0 Å². The number of hydrogen-bond donors (Lipinski definition) is 1. The van der Waals surface area contributed by atoms with E-state index in [9.17, 15) is 9.90 Å². The van der Waals surface area contributed by atoms with Crippen LogP contribution in [0, 0.1) is 11.3 Å². The normalized spacial score (nSPS) is 22.2. The lowest BCUT2D eigenvalue weighted by molar-refractivity contribution is -0.117. The molecule has 0 aromatic rings. The lowest BCUT2D eigenvalue weighted by Gasteiger charge is -2.23. The van der Waals surface area contributed by atoms with Crippen molar-refractivity contribution in [1.82, 2.24) is 0 Å². The molecule has 0 fully saturated rings. The second-order valence-corrected chi connectivity index (χ2v) is 5.77. The first-order valence-corrected chi connectivity index (χ1v) is 6.17. The fourth-order valence-electron chi connectivity index (χ4n) is 2.74. The fraction of sp³-hybridized carbons (Fsp3) is 0.786. The maximum absolute atomic E-state index is 11.4. The molecule has 0 heterocycles. The second kappa shape index (κ2) is 4.70. The fourth-order valence-corrected chi connectivity index (χ4v) is 2.74. The van der Waals surface area contributed by atoms with Crippen LogP contribution in [0.15, 0.2) is 11.1 Å². The summed E-state index contributed by atoms with van der Waals surface area (Å²) in [4.78, 5) is 11.4. The van der Waals surface area contributed by atoms with Crippen LogP contribution in [0.3, 0.4) is 0 Å². The average molecular weight is 224 g/mol. The molecule has 0 aromatic heterocycles. The topological polar surface area (TPSA) is 37.3 Å². The summed E-state index contributed by atoms with van der Waals surface area (Å²) < 4.78 is 0. The van der Waals surface area contributed by atoms with Crippen LogP contribution < -0.4 is 0 Å². The Hall–Kier alpha value is -0.630. The van der Waals surface area contributed by atoms with Crippen LogP contribution in [0.1, 0.15) is 53.9 Å². The third-order valence-electron chi connectivity index (χ3n) is 3.62. The maximum Gasteiger partial charge on any atom is 0.141 e. The minimum Gasteiger partial charge on any atom is -0.393 e. The summed E-state index contributed by atoms with van der Waals surface area (Å²) in [6, 6.07) is 0. The van der Waals surface area contributed by atoms with E-state index in [1.165, 1.54) is 11.1 Å². The highest BCUT2D eigenvalue weighted by Gasteiger charge is 2.44. The van der Waals surface area contributed by atoms with E-state index >= 15 is 0 Å². The Morgan fingerprint density at radius 1 is 1.50 bits per heavy atom. The van der Waals surface area contributed by atoms with Gasteiger partial charge in [-0.15, -0.1) is 0 Å². The number of allylic oxidation sites excluding steroid dienone is 2. The molecule has 2 unspecified atom stereocenters. The van der Waals surface area contributed by atoms with Crippen molar-refractivity contribution in [3.05, 3.63) is 11.1 Å². The molecule has 1 N–H and O–H groups in total. The summed E-state index contributed by atoms with van der Waals surface area (Å²) in [5.41, 5.74) is 2.73. The van der Waals surface area contributed by atoms with E-state index in [0.717, 1.165) is 19.3 Å². The molecular formula is C14H24O2. The maximum atomic E-state index is 11.4. The summed E-state index contributed by atoms with van der Waals surface area (Å²) in [6.07, 6.45) is 2.70. The minimum absolute atomic E-state index is 0.120. The SMILES string of the molecule is CC(=O)C1C(C)=C1C(C)(C)CCCC(C)O. The summed E-state index contributed by atoms with van der Waals surface area (Å²) in [5, 5.41) is 9.23. The predicted molar refractivity (Wildman–Crippen MR) is 66.2 cm³/mol. The van der Waals surface area contributed by atoms with Gasteiger partial charge in [0.15, 0.2) is 0 Å². The lowest BCUT2D eigenvalue weighted by Crippen LogP contribution is -2.14. The van der Waals surface area contributed by atoms with Gasteiger partial charge in [-0.05, 0) is 39.0 Å². The number of aliphatic hydroxyl groups excluding tert-OH is 1. The quantitative estimate of drug-likeness (QED) is 0.704. The Bertz CT molecular complexity index is 311. The summed E-state index contributed by atoms with van der Waals surface area (Å²) in [5.74, 6) is 0.401. The van der Waals surface area contributed by atoms with Crippen molar-refractivity contribution in [2.75, 3.05) is 0 Å². The van der Waals surface area contributed by atoms with E-state index in [4.69, 9.17) is 0 Å². The smallest absolute Gasteiger partial charge is 0.141 e. The third kappa shape index (κ3) is 2.94. The van der Waals surface area contributed by atoms with Gasteiger partial charge < -0.3 is 5.11 Å². The van der Waals surface area contributed by atoms with Crippen molar-refractivity contribution in [2.45, 2.75) is 60.0 Å². The standard InChI is InChI=1S/C14H24O2/c1-9(15)7-6-8-14(4,5)13-10(2)12(13)11(3)16/h9,12,15H,6-8H2,1-5H3. The molecular weight excluding hydrogens is 200 g/mol. The Kier molecular flexibility index (Phi) is 3.95. The van der Waals surface area contributed by atoms with Crippen molar-refractivity contribution in [1.29, 1.82) is 0 Å². The Morgan fingerprint density at radius 3 is 2.44 bits per heavy atom. The molecule has 0 saturated heterocycles. The highest BCUT2D eigenvalue weighted by molar-refractivity contribution is 5.90. The van der Waals surface area contributed by atoms with Gasteiger partial charge in [-0.3, -0.25) is 4.79 Å². The molecule has 1 aliphatic rings. The molecule has 2 heteroatoms. The van der Waals surface area contributed by atoms with E-state index in [1.807, 2.05) is 6.92 Å². The molecule has 92 valence electrons. The minimum atomic E-state index is -0.214. The summed E-state index contributed by atoms with van der Waals surface area (Å²) in [7, 11) is 0. The zero-order valence-corrected chi connectivity index (χ0v) is 11.1. The number of aliphatic hydroxyl groups is 1. The lowest BCUT2D eigenvalue weighted by atomic mass is 9.82. The molecule has 0 bridgehead atoms. The van der Waals surface area contributed by atoms with Crippen LogP contribution in [0.2, 0.25) is 0 Å². The average Bonchev–Trinajstić information content (AvgIpc) is 2.76. The third-order valence-corrected chi connectivity index (χ3v) is 3.62. The molecule has 0 spiro atoms. The highest BCUT2D eigenvalue weighted by atomic mass is 16.3. The molecule has 1 rings (SSSR count). The second-order valence-electron chi connectivity index (χ2n) is 5.77. The molecule has 0 amide bonds. The Morgan fingerprint density at radius 2 is 2.06 bits per heavy atom. The van der Waals surface area contributed by atoms with Gasteiger partial charge in [0.05, 0.1) is 12.0 Å². The Labute approximate surface area is 98.7 Å². The van der Waals surface area contributed by atoms with Crippen molar-refractivity contribution in [3.8, 4) is 0 Å². The van der Waals surface area contributed by atoms with E-state index in [-0.39, 0.29) is 23.2 Å². The first kappa shape index (κ1) is 13.4. The van der Waals surface area contributed by atoms with E-state index in [0.29, 0.717) is 0 Å². The highest BCUT2D eigenvalue weighted by Crippen LogP contribution is 2.52. The number of carbonyl (C=O) groups is 1. The zero-order chi connectivity index (χ0) is 12.5. The monoisotopic (exact) mass is 224 g/mol. The number of Topliss-reactive ketones (excluding diaryl/α,β-unsaturated/α-hetero) is 1. The predicted octanol–water partition coefficient (Wildman–Crippen LogP) is 3.10. The number of ketones is 1. The van der Waals surface area contributed by atoms with E-state index in [1.54, 1.807) is 6.92 Å². The van der Waals surface area contributed by atoms with Gasteiger partial charge in [0.2, 0.25) is 0 Å². The van der Waals surface area contributed by atoms with Crippen LogP contribution >= 0.6 is 0 Å². The van der Waals surface area contributed by atoms with Crippen LogP contribution in [0.5, 0.6) is 0 Å². The van der Waals surface area contributed by atoms with Crippen LogP contribution in [-0.4, -0.2) is 17.0 Å². The zero-order valence-electron chi connectivity index (χ0n) is 11.1. The molecule has 2 nitrogen and oxygen atoms in total. The van der Waals surface area contributed by atoms with Crippen LogP contribution in [-0.2, 0) is 4.79 Å². The van der Waals surface area contributed by atoms with Gasteiger partial charge in [0.25, 0.3) is 0 Å². The van der Waals surface area contributed by atoms with Crippen molar-refractivity contribution in [2.24, 2.45) is 11.3 Å². The summed E-state index contributed by atoms with van der Waals surface area (Å²) >= 11 is 0. The number of carbonyl (C=O) groups excluding carboxylic acids is 1. The van der Waals surface area contributed by atoms with Gasteiger partial charge in [-0.25, -0.2) is 0 Å². The first-order valence-electron chi connectivity index (χ1n) is 6.17. The molecule has 16 heavy (non-hydrogen) atoms. The van der Waals surface area contributed by atoms with Gasteiger partial charge in [-0.1, -0.05) is 31.4 Å². The van der Waals surface area contributed by atoms with Gasteiger partial charge in [0.1, 0.15) is 5.78 Å². The van der Waals surface area contributed by atoms with Gasteiger partial charge in [-0.2, -0.15) is 0 Å². The van der Waals surface area contributed by atoms with Crippen molar-refractivity contribution < 1.29 is 9.90 Å². The van der Waals surface area contributed by atoms with Gasteiger partial charge >= 0.3 is 0 Å². The van der Waals surface area contributed by atoms with E-state index < -0.39 is 0 Å². The van der Waals surface area contributed by atoms with Crippen molar-refractivity contribution >= 4 is 5.78 Å². The number of rotatable bonds is 6. The molecule has 1 aliphatic carbocycles. The first-order chi connectivity index (χ1) is 7.27. The Balaban J connectivity index is 2.49. The van der Waals surface area contributed by atoms with Gasteiger partial charge in [0, 0.05) is 0 Å². The van der Waals surface area contributed by atoms with Crippen molar-refractivity contribution in [3.63, 3.8) is 0 Å². The molecule has 0 aromatic carbocycles. The number of hydrogen-bond acceptors (Lipinski definition) is 2.